The molecule has 0 aromatic carbocycles. The predicted molar refractivity (Wildman–Crippen MR) is 42.8 cm³/mol. The van der Waals surface area contributed by atoms with Gasteiger partial charge in [-0.25, -0.2) is 0 Å². The van der Waals surface area contributed by atoms with E-state index < -0.39 is 0 Å². The summed E-state index contributed by atoms with van der Waals surface area (Å²) in [4.78, 5) is 11.4. The van der Waals surface area contributed by atoms with Gasteiger partial charge in [0.15, 0.2) is 5.78 Å². The number of hydrogen-bond donors (Lipinski definition) is 0. The Labute approximate surface area is 101 Å². The zero-order valence-electron chi connectivity index (χ0n) is 6.41. The van der Waals surface area contributed by atoms with Crippen LogP contribution >= 0.6 is 22.9 Å². The van der Waals surface area contributed by atoms with E-state index in [1.54, 1.807) is 12.1 Å². The van der Waals surface area contributed by atoms with E-state index in [4.69, 9.17) is 11.6 Å². The maximum Gasteiger partial charge on any atom is 1.00 e. The van der Waals surface area contributed by atoms with Crippen molar-refractivity contribution in [1.29, 1.82) is 0 Å². The fraction of sp³-hybridized carbons (Fsp3) is 0. The topological polar surface area (TPSA) is 40.1 Å². The van der Waals surface area contributed by atoms with Crippen molar-refractivity contribution in [2.45, 2.75) is 0 Å². The molecular formula is C7H4ClNaO2S. The molecule has 1 rings (SSSR count). The minimum atomic E-state index is -0.295. The standard InChI is InChI=1S/C7H5ClO2S.Na/c8-7-2-1-6(11-7)5(10)3-4-9;/h1-4,9H;/q;+1/p-1/b4-3+;. The van der Waals surface area contributed by atoms with Crippen molar-refractivity contribution in [2.24, 2.45) is 0 Å². The summed E-state index contributed by atoms with van der Waals surface area (Å²) in [5.74, 6) is -0.295. The molecule has 0 spiro atoms. The van der Waals surface area contributed by atoms with Crippen LogP contribution in [0.25, 0.3) is 0 Å². The molecule has 0 radical (unpaired) electrons. The molecule has 0 N–H and O–H groups in total. The molecule has 0 saturated carbocycles. The van der Waals surface area contributed by atoms with Crippen LogP contribution in [0.2, 0.25) is 4.34 Å². The molecule has 5 heteroatoms. The van der Waals surface area contributed by atoms with Crippen LogP contribution in [0, 0.1) is 0 Å². The average molecular weight is 211 g/mol. The molecule has 58 valence electrons. The summed E-state index contributed by atoms with van der Waals surface area (Å²) in [6, 6.07) is 3.22. The van der Waals surface area contributed by atoms with Gasteiger partial charge in [-0.05, 0) is 18.2 Å². The van der Waals surface area contributed by atoms with E-state index in [0.29, 0.717) is 15.5 Å². The minimum absolute atomic E-state index is 0. The number of ketones is 1. The summed E-state index contributed by atoms with van der Waals surface area (Å²) in [5.41, 5.74) is 0. The van der Waals surface area contributed by atoms with Crippen molar-refractivity contribution in [3.05, 3.63) is 33.7 Å². The summed E-state index contributed by atoms with van der Waals surface area (Å²) in [7, 11) is 0. The molecule has 1 aromatic rings. The largest absolute Gasteiger partial charge is 1.00 e. The van der Waals surface area contributed by atoms with Crippen molar-refractivity contribution >= 4 is 28.7 Å². The van der Waals surface area contributed by atoms with Crippen molar-refractivity contribution < 1.29 is 39.5 Å². The first-order valence-electron chi connectivity index (χ1n) is 2.82. The maximum atomic E-state index is 10.9. The van der Waals surface area contributed by atoms with Crippen LogP contribution in [0.5, 0.6) is 0 Å². The summed E-state index contributed by atoms with van der Waals surface area (Å²) < 4.78 is 0.549. The minimum Gasteiger partial charge on any atom is -0.878 e. The summed E-state index contributed by atoms with van der Waals surface area (Å²) >= 11 is 6.73. The molecule has 0 amide bonds. The third kappa shape index (κ3) is 3.29. The van der Waals surface area contributed by atoms with E-state index >= 15 is 0 Å². The van der Waals surface area contributed by atoms with Gasteiger partial charge < -0.3 is 5.11 Å². The maximum absolute atomic E-state index is 10.9. The molecular weight excluding hydrogens is 207 g/mol. The van der Waals surface area contributed by atoms with Crippen LogP contribution in [0.1, 0.15) is 9.67 Å². The number of halogens is 1. The third-order valence-electron chi connectivity index (χ3n) is 1.04. The number of allylic oxidation sites excluding steroid dienone is 1. The van der Waals surface area contributed by atoms with Crippen LogP contribution in [-0.4, -0.2) is 5.78 Å². The van der Waals surface area contributed by atoms with Gasteiger partial charge in [0.2, 0.25) is 0 Å². The molecule has 0 bridgehead atoms. The van der Waals surface area contributed by atoms with E-state index in [9.17, 15) is 9.90 Å². The first kappa shape index (κ1) is 12.2. The Kier molecular flexibility index (Phi) is 5.88. The number of carbonyl (C=O) groups excluding carboxylic acids is 1. The Hall–Kier alpha value is 0.200. The SMILES string of the molecule is O=C(/C=C/[O-])c1ccc(Cl)s1.[Na+]. The zero-order chi connectivity index (χ0) is 8.27. The number of hydrogen-bond acceptors (Lipinski definition) is 3. The van der Waals surface area contributed by atoms with Gasteiger partial charge in [-0.1, -0.05) is 11.6 Å². The smallest absolute Gasteiger partial charge is 0.878 e. The molecule has 0 aliphatic rings. The number of carbonyl (C=O) groups is 1. The summed E-state index contributed by atoms with van der Waals surface area (Å²) in [6.07, 6.45) is 1.44. The molecule has 1 aromatic heterocycles. The molecule has 0 fully saturated rings. The van der Waals surface area contributed by atoms with Crippen LogP contribution < -0.4 is 34.7 Å². The van der Waals surface area contributed by atoms with Gasteiger partial charge in [0, 0.05) is 0 Å². The van der Waals surface area contributed by atoms with Gasteiger partial charge in [-0.2, -0.15) is 0 Å². The normalized spacial score (nSPS) is 9.75. The van der Waals surface area contributed by atoms with E-state index in [1.165, 1.54) is 0 Å². The van der Waals surface area contributed by atoms with E-state index in [-0.39, 0.29) is 35.3 Å². The van der Waals surface area contributed by atoms with Crippen LogP contribution in [-0.2, 0) is 0 Å². The van der Waals surface area contributed by atoms with Crippen molar-refractivity contribution in [3.8, 4) is 0 Å². The Balaban J connectivity index is 0.00000121. The Morgan fingerprint density at radius 3 is 2.67 bits per heavy atom. The molecule has 0 aliphatic carbocycles. The van der Waals surface area contributed by atoms with E-state index in [1.807, 2.05) is 0 Å². The fourth-order valence-corrected chi connectivity index (χ4v) is 1.55. The molecule has 12 heavy (non-hydrogen) atoms. The van der Waals surface area contributed by atoms with E-state index in [2.05, 4.69) is 0 Å². The monoisotopic (exact) mass is 210 g/mol. The van der Waals surface area contributed by atoms with Crippen molar-refractivity contribution in [1.82, 2.24) is 0 Å². The van der Waals surface area contributed by atoms with Crippen molar-refractivity contribution in [3.63, 3.8) is 0 Å². The first-order chi connectivity index (χ1) is 5.24. The molecule has 0 atom stereocenters. The van der Waals surface area contributed by atoms with Gasteiger partial charge in [-0.15, -0.1) is 17.6 Å². The van der Waals surface area contributed by atoms with Gasteiger partial charge in [0.25, 0.3) is 0 Å². The van der Waals surface area contributed by atoms with Crippen LogP contribution in [0.15, 0.2) is 24.5 Å². The quantitative estimate of drug-likeness (QED) is 0.257. The van der Waals surface area contributed by atoms with E-state index in [0.717, 1.165) is 17.4 Å². The van der Waals surface area contributed by atoms with Gasteiger partial charge in [0.1, 0.15) is 0 Å². The third-order valence-corrected chi connectivity index (χ3v) is 2.28. The van der Waals surface area contributed by atoms with Gasteiger partial charge in [0.05, 0.1) is 9.21 Å². The second-order valence-corrected chi connectivity index (χ2v) is 3.49. The van der Waals surface area contributed by atoms with Crippen LogP contribution in [0.4, 0.5) is 0 Å². The second-order valence-electron chi connectivity index (χ2n) is 1.77. The molecule has 0 unspecified atom stereocenters. The van der Waals surface area contributed by atoms with Gasteiger partial charge >= 0.3 is 29.6 Å². The summed E-state index contributed by atoms with van der Waals surface area (Å²) in [6.45, 7) is 0. The molecule has 0 aliphatic heterocycles. The van der Waals surface area contributed by atoms with Crippen LogP contribution in [0.3, 0.4) is 0 Å². The Morgan fingerprint density at radius 1 is 1.58 bits per heavy atom. The first-order valence-corrected chi connectivity index (χ1v) is 4.01. The number of thiophene rings is 1. The van der Waals surface area contributed by atoms with Gasteiger partial charge in [-0.3, -0.25) is 4.79 Å². The predicted octanol–water partition coefficient (Wildman–Crippen LogP) is -1.54. The molecule has 0 saturated heterocycles. The van der Waals surface area contributed by atoms with Crippen molar-refractivity contribution in [2.75, 3.05) is 0 Å². The summed E-state index contributed by atoms with van der Waals surface area (Å²) in [5, 5.41) is 9.89. The fourth-order valence-electron chi connectivity index (χ4n) is 0.591. The number of rotatable bonds is 2. The average Bonchev–Trinajstić information content (AvgIpc) is 2.36. The molecule has 2 nitrogen and oxygen atoms in total. The Bertz CT molecular complexity index is 295. The Morgan fingerprint density at radius 2 is 2.25 bits per heavy atom. The zero-order valence-corrected chi connectivity index (χ0v) is 9.98. The molecule has 1 heterocycles. The second kappa shape index (κ2) is 5.78.